The van der Waals surface area contributed by atoms with Crippen molar-refractivity contribution in [3.8, 4) is 5.75 Å². The number of hydrogen-bond donors (Lipinski definition) is 4. The first kappa shape index (κ1) is 25.1. The Kier molecular flexibility index (Phi) is 7.93. The zero-order valence-corrected chi connectivity index (χ0v) is 20.5. The van der Waals surface area contributed by atoms with E-state index in [2.05, 4.69) is 31.7 Å². The zero-order chi connectivity index (χ0) is 25.6. The summed E-state index contributed by atoms with van der Waals surface area (Å²) < 4.78 is 13.1. The van der Waals surface area contributed by atoms with Crippen molar-refractivity contribution < 1.29 is 24.5 Å². The van der Waals surface area contributed by atoms with Crippen molar-refractivity contribution in [2.24, 2.45) is 0 Å². The average Bonchev–Trinajstić information content (AvgIpc) is 3.50. The van der Waals surface area contributed by atoms with Gasteiger partial charge in [-0.25, -0.2) is 15.0 Å². The molecule has 37 heavy (non-hydrogen) atoms. The van der Waals surface area contributed by atoms with Crippen molar-refractivity contribution in [2.75, 3.05) is 25.1 Å². The smallest absolute Gasteiger partial charge is 0.258 e. The molecule has 196 valence electrons. The third kappa shape index (κ3) is 5.74. The molecule has 0 saturated carbocycles. The van der Waals surface area contributed by atoms with E-state index in [4.69, 9.17) is 9.47 Å². The molecule has 0 radical (unpaired) electrons. The quantitative estimate of drug-likeness (QED) is 0.302. The molecule has 0 bridgehead atoms. The fraction of sp³-hybridized carbons (Fsp3) is 0.462. The molecule has 0 spiro atoms. The molecule has 4 atom stereocenters. The van der Waals surface area contributed by atoms with E-state index in [0.717, 1.165) is 25.8 Å². The van der Waals surface area contributed by atoms with Crippen LogP contribution in [0.15, 0.2) is 54.6 Å². The van der Waals surface area contributed by atoms with Crippen LogP contribution < -0.4 is 15.4 Å². The van der Waals surface area contributed by atoms with Crippen LogP contribution in [0.25, 0.3) is 11.2 Å². The van der Waals surface area contributed by atoms with Crippen molar-refractivity contribution in [1.29, 1.82) is 0 Å². The minimum Gasteiger partial charge on any atom is -0.484 e. The third-order valence-corrected chi connectivity index (χ3v) is 6.75. The molecule has 11 nitrogen and oxygen atoms in total. The van der Waals surface area contributed by atoms with Crippen LogP contribution in [0.2, 0.25) is 0 Å². The molecule has 1 fully saturated rings. The van der Waals surface area contributed by atoms with Crippen LogP contribution >= 0.6 is 0 Å². The maximum atomic E-state index is 12.7. The number of imidazole rings is 1. The minimum absolute atomic E-state index is 0.235. The van der Waals surface area contributed by atoms with Gasteiger partial charge in [0.25, 0.3) is 5.91 Å². The number of nitrogens with zero attached hydrogens (tertiary/aromatic N) is 4. The van der Waals surface area contributed by atoms with Crippen LogP contribution in [0, 0.1) is 0 Å². The fourth-order valence-electron chi connectivity index (χ4n) is 4.82. The molecule has 3 aromatic rings. The first-order chi connectivity index (χ1) is 18.1. The molecule has 4 N–H and O–H groups in total. The zero-order valence-electron chi connectivity index (χ0n) is 20.5. The second-order valence-corrected chi connectivity index (χ2v) is 9.26. The summed E-state index contributed by atoms with van der Waals surface area (Å²) in [6.45, 7) is 0.0893. The first-order valence-corrected chi connectivity index (χ1v) is 12.6. The van der Waals surface area contributed by atoms with E-state index in [1.165, 1.54) is 24.7 Å². The number of nitrogens with one attached hydrogen (secondary N) is 2. The van der Waals surface area contributed by atoms with E-state index in [-0.39, 0.29) is 6.61 Å². The Balaban J connectivity index is 1.30. The molecular formula is C26H32N6O5. The topological polar surface area (TPSA) is 144 Å². The number of hydrogen-bond acceptors (Lipinski definition) is 9. The van der Waals surface area contributed by atoms with Gasteiger partial charge in [-0.15, -0.1) is 0 Å². The van der Waals surface area contributed by atoms with Gasteiger partial charge in [-0.2, -0.15) is 0 Å². The molecule has 1 aliphatic heterocycles. The number of rotatable bonds is 10. The predicted molar refractivity (Wildman–Crippen MR) is 136 cm³/mol. The van der Waals surface area contributed by atoms with Crippen molar-refractivity contribution in [2.45, 2.75) is 56.6 Å². The van der Waals surface area contributed by atoms with E-state index in [9.17, 15) is 15.0 Å². The van der Waals surface area contributed by atoms with E-state index in [1.807, 2.05) is 18.2 Å². The lowest BCUT2D eigenvalue weighted by Gasteiger charge is -2.23. The van der Waals surface area contributed by atoms with Crippen LogP contribution in [-0.4, -0.2) is 73.6 Å². The predicted octanol–water partition coefficient (Wildman–Crippen LogP) is 1.94. The van der Waals surface area contributed by atoms with E-state index >= 15 is 0 Å². The van der Waals surface area contributed by atoms with Crippen LogP contribution in [0.5, 0.6) is 5.75 Å². The number of aliphatic hydroxyl groups excluding tert-OH is 2. The summed E-state index contributed by atoms with van der Waals surface area (Å²) in [4.78, 5) is 25.9. The van der Waals surface area contributed by atoms with Gasteiger partial charge in [0.05, 0.1) is 12.9 Å². The Labute approximate surface area is 214 Å². The summed E-state index contributed by atoms with van der Waals surface area (Å²) in [7, 11) is 0. The highest BCUT2D eigenvalue weighted by atomic mass is 16.5. The number of amides is 1. The van der Waals surface area contributed by atoms with E-state index < -0.39 is 37.0 Å². The number of allylic oxidation sites excluding steroid dienone is 1. The molecule has 1 saturated heterocycles. The van der Waals surface area contributed by atoms with Gasteiger partial charge in [0.1, 0.15) is 30.3 Å². The Hall–Kier alpha value is -3.54. The average molecular weight is 509 g/mol. The normalized spacial score (nSPS) is 23.6. The molecule has 1 aromatic carbocycles. The fourth-order valence-corrected chi connectivity index (χ4v) is 4.82. The van der Waals surface area contributed by atoms with E-state index in [0.29, 0.717) is 22.7 Å². The van der Waals surface area contributed by atoms with Crippen molar-refractivity contribution in [3.05, 3.63) is 54.6 Å². The number of fused-ring (bicyclic) bond motifs is 1. The molecule has 5 rings (SSSR count). The lowest BCUT2D eigenvalue weighted by molar-refractivity contribution is -0.125. The van der Waals surface area contributed by atoms with Gasteiger partial charge in [0, 0.05) is 6.54 Å². The Morgan fingerprint density at radius 1 is 1.19 bits per heavy atom. The highest BCUT2D eigenvalue weighted by molar-refractivity contribution is 5.83. The second kappa shape index (κ2) is 11.7. The van der Waals surface area contributed by atoms with E-state index in [1.54, 1.807) is 23.0 Å². The Morgan fingerprint density at radius 3 is 2.84 bits per heavy atom. The second-order valence-electron chi connectivity index (χ2n) is 9.26. The van der Waals surface area contributed by atoms with Crippen LogP contribution in [0.4, 0.5) is 5.82 Å². The highest BCUT2D eigenvalue weighted by Gasteiger charge is 2.45. The van der Waals surface area contributed by atoms with Gasteiger partial charge in [-0.05, 0) is 44.2 Å². The number of carbonyl (C=O) groups is 1. The molecular weight excluding hydrogens is 476 g/mol. The number of para-hydroxylation sites is 1. The molecule has 1 aliphatic carbocycles. The minimum atomic E-state index is -1.14. The molecule has 1 amide bonds. The van der Waals surface area contributed by atoms with Gasteiger partial charge in [0.15, 0.2) is 29.8 Å². The number of carbonyl (C=O) groups excluding carboxylic acids is 1. The molecule has 3 heterocycles. The van der Waals surface area contributed by atoms with Gasteiger partial charge in [0.2, 0.25) is 0 Å². The number of benzene rings is 1. The van der Waals surface area contributed by atoms with Gasteiger partial charge < -0.3 is 30.3 Å². The summed E-state index contributed by atoms with van der Waals surface area (Å²) in [5, 5.41) is 26.7. The first-order valence-electron chi connectivity index (χ1n) is 12.6. The number of anilines is 1. The van der Waals surface area contributed by atoms with Crippen molar-refractivity contribution in [1.82, 2.24) is 24.8 Å². The lowest BCUT2D eigenvalue weighted by atomic mass is 9.97. The SMILES string of the molecule is O=C(COc1ccccc1)N[C@@H]1[C@H](O)[C@@H](CO)O[C@H]1n1cnc2c(NCCC3=CCCCC3)ncnc21. The van der Waals surface area contributed by atoms with Crippen LogP contribution in [-0.2, 0) is 9.53 Å². The van der Waals surface area contributed by atoms with Gasteiger partial charge >= 0.3 is 0 Å². The maximum Gasteiger partial charge on any atom is 0.258 e. The summed E-state index contributed by atoms with van der Waals surface area (Å²) >= 11 is 0. The Morgan fingerprint density at radius 2 is 2.05 bits per heavy atom. The Bertz CT molecular complexity index is 1230. The van der Waals surface area contributed by atoms with Crippen molar-refractivity contribution >= 4 is 22.9 Å². The summed E-state index contributed by atoms with van der Waals surface area (Å²) in [6, 6.07) is 8.12. The number of ether oxygens (including phenoxy) is 2. The molecule has 2 aliphatic rings. The van der Waals surface area contributed by atoms with Gasteiger partial charge in [-0.3, -0.25) is 9.36 Å². The van der Waals surface area contributed by atoms with Crippen LogP contribution in [0.1, 0.15) is 38.3 Å². The third-order valence-electron chi connectivity index (χ3n) is 6.75. The highest BCUT2D eigenvalue weighted by Crippen LogP contribution is 2.32. The monoisotopic (exact) mass is 508 g/mol. The number of aliphatic hydroxyl groups is 2. The number of aromatic nitrogens is 4. The lowest BCUT2D eigenvalue weighted by Crippen LogP contribution is -2.48. The molecule has 11 heteroatoms. The summed E-state index contributed by atoms with van der Waals surface area (Å²) in [6.07, 6.45) is 8.20. The molecule has 0 unspecified atom stereocenters. The van der Waals surface area contributed by atoms with Crippen molar-refractivity contribution in [3.63, 3.8) is 0 Å². The standard InChI is InChI=1S/C26H32N6O5/c33-13-19-23(35)21(31-20(34)14-36-18-9-5-2-6-10-18)26(37-19)32-16-30-22-24(28-15-29-25(22)32)27-12-11-17-7-3-1-4-8-17/h2,5-7,9-10,15-16,19,21,23,26,33,35H,1,3-4,8,11-14H2,(H,31,34)(H,27,28,29)/t19-,21-,23-,26-/m1/s1. The summed E-state index contributed by atoms with van der Waals surface area (Å²) in [5.41, 5.74) is 2.51. The largest absolute Gasteiger partial charge is 0.484 e. The van der Waals surface area contributed by atoms with Gasteiger partial charge in [-0.1, -0.05) is 29.8 Å². The molecule has 2 aromatic heterocycles. The van der Waals surface area contributed by atoms with Crippen LogP contribution in [0.3, 0.4) is 0 Å². The maximum absolute atomic E-state index is 12.7. The summed E-state index contributed by atoms with van der Waals surface area (Å²) in [5.74, 6) is 0.732.